The molecular weight excluding hydrogens is 456 g/mol. The number of carbonyl (C=O) groups excluding carboxylic acids is 1. The van der Waals surface area contributed by atoms with Crippen LogP contribution in [0.2, 0.25) is 0 Å². The number of rotatable bonds is 9. The van der Waals surface area contributed by atoms with E-state index < -0.39 is 18.1 Å². The van der Waals surface area contributed by atoms with Crippen LogP contribution in [0.1, 0.15) is 22.6 Å². The number of fused-ring (bicyclic) bond motifs is 4. The molecule has 1 amide bonds. The Balaban J connectivity index is 1.29. The summed E-state index contributed by atoms with van der Waals surface area (Å²) in [5.41, 5.74) is 6.31. The summed E-state index contributed by atoms with van der Waals surface area (Å²) >= 11 is 0. The number of carboxylic acids is 1. The fourth-order valence-electron chi connectivity index (χ4n) is 5.06. The van der Waals surface area contributed by atoms with E-state index in [0.717, 1.165) is 38.7 Å². The van der Waals surface area contributed by atoms with E-state index in [0.29, 0.717) is 13.2 Å². The number of hydrogen-bond donors (Lipinski definition) is 2. The molecule has 2 N–H and O–H groups in total. The molecule has 1 aromatic heterocycles. The van der Waals surface area contributed by atoms with Crippen molar-refractivity contribution in [3.8, 4) is 11.1 Å². The summed E-state index contributed by atoms with van der Waals surface area (Å²) in [4.78, 5) is 24.8. The molecule has 7 nitrogen and oxygen atoms in total. The quantitative estimate of drug-likeness (QED) is 0.355. The van der Waals surface area contributed by atoms with Crippen molar-refractivity contribution in [2.24, 2.45) is 0 Å². The first-order valence-corrected chi connectivity index (χ1v) is 12.0. The van der Waals surface area contributed by atoms with Gasteiger partial charge in [0.1, 0.15) is 12.6 Å². The zero-order chi connectivity index (χ0) is 25.1. The topological polar surface area (TPSA) is 89.8 Å². The number of para-hydroxylation sites is 1. The Kier molecular flexibility index (Phi) is 6.73. The van der Waals surface area contributed by atoms with Crippen molar-refractivity contribution in [1.82, 2.24) is 9.88 Å². The van der Waals surface area contributed by atoms with E-state index in [1.807, 2.05) is 71.4 Å². The van der Waals surface area contributed by atoms with Gasteiger partial charge >= 0.3 is 12.1 Å². The number of aromatic nitrogens is 1. The highest BCUT2D eigenvalue weighted by Crippen LogP contribution is 2.44. The van der Waals surface area contributed by atoms with E-state index in [4.69, 9.17) is 9.47 Å². The molecule has 1 unspecified atom stereocenters. The first-order chi connectivity index (χ1) is 17.6. The largest absolute Gasteiger partial charge is 0.480 e. The molecule has 1 aliphatic carbocycles. The average Bonchev–Trinajstić information content (AvgIpc) is 3.41. The van der Waals surface area contributed by atoms with Gasteiger partial charge in [-0.3, -0.25) is 0 Å². The van der Waals surface area contributed by atoms with Crippen molar-refractivity contribution in [1.29, 1.82) is 0 Å². The number of benzene rings is 3. The summed E-state index contributed by atoms with van der Waals surface area (Å²) in [6.45, 7) is 1.32. The second-order valence-corrected chi connectivity index (χ2v) is 8.92. The summed E-state index contributed by atoms with van der Waals surface area (Å²) in [5.74, 6) is -1.21. The van der Waals surface area contributed by atoms with Crippen molar-refractivity contribution in [2.75, 3.05) is 20.3 Å². The predicted octanol–water partition coefficient (Wildman–Crippen LogP) is 4.82. The second kappa shape index (κ2) is 10.3. The molecule has 36 heavy (non-hydrogen) atoms. The van der Waals surface area contributed by atoms with Gasteiger partial charge in [-0.15, -0.1) is 0 Å². The first kappa shape index (κ1) is 23.6. The highest BCUT2D eigenvalue weighted by Gasteiger charge is 2.30. The average molecular weight is 485 g/mol. The van der Waals surface area contributed by atoms with E-state index in [9.17, 15) is 14.7 Å². The number of nitrogens with one attached hydrogen (secondary N) is 1. The Morgan fingerprint density at radius 2 is 1.61 bits per heavy atom. The molecule has 7 heteroatoms. The number of ether oxygens (including phenoxy) is 2. The van der Waals surface area contributed by atoms with Crippen LogP contribution in [0.3, 0.4) is 0 Å². The van der Waals surface area contributed by atoms with Crippen molar-refractivity contribution in [2.45, 2.75) is 24.9 Å². The van der Waals surface area contributed by atoms with Gasteiger partial charge in [0.25, 0.3) is 0 Å². The Labute approximate surface area is 209 Å². The van der Waals surface area contributed by atoms with Gasteiger partial charge in [-0.05, 0) is 33.9 Å². The van der Waals surface area contributed by atoms with Crippen LogP contribution in [-0.2, 0) is 27.2 Å². The van der Waals surface area contributed by atoms with Crippen LogP contribution in [-0.4, -0.2) is 48.1 Å². The van der Waals surface area contributed by atoms with Gasteiger partial charge in [0.2, 0.25) is 0 Å². The summed E-state index contributed by atoms with van der Waals surface area (Å²) in [6, 6.07) is 22.8. The molecule has 3 aromatic carbocycles. The zero-order valence-corrected chi connectivity index (χ0v) is 20.0. The second-order valence-electron chi connectivity index (χ2n) is 8.92. The highest BCUT2D eigenvalue weighted by atomic mass is 16.5. The predicted molar refractivity (Wildman–Crippen MR) is 137 cm³/mol. The molecule has 0 spiro atoms. The van der Waals surface area contributed by atoms with E-state index in [-0.39, 0.29) is 18.9 Å². The Bertz CT molecular complexity index is 1360. The molecule has 1 heterocycles. The maximum Gasteiger partial charge on any atom is 0.407 e. The van der Waals surface area contributed by atoms with E-state index in [1.54, 1.807) is 7.11 Å². The van der Waals surface area contributed by atoms with Crippen LogP contribution in [0.15, 0.2) is 79.0 Å². The zero-order valence-electron chi connectivity index (χ0n) is 20.0. The van der Waals surface area contributed by atoms with E-state index >= 15 is 0 Å². The standard InChI is InChI=1S/C29H28N2O5/c1-35-15-14-31-17-19(20-8-6-7-13-27(20)31)16-26(28(32)33)30-29(34)36-18-25-23-11-4-2-9-21(23)22-10-3-5-12-24(22)25/h2-13,17,25-26H,14-16,18H2,1H3,(H,30,34)(H,32,33). The van der Waals surface area contributed by atoms with Crippen molar-refractivity contribution in [3.05, 3.63) is 95.7 Å². The summed E-state index contributed by atoms with van der Waals surface area (Å²) in [6.07, 6.45) is 1.33. The van der Waals surface area contributed by atoms with Crippen LogP contribution < -0.4 is 5.32 Å². The maximum atomic E-state index is 12.7. The molecule has 0 saturated heterocycles. The number of aliphatic carboxylic acids is 1. The lowest BCUT2D eigenvalue weighted by molar-refractivity contribution is -0.139. The molecule has 0 aliphatic heterocycles. The number of nitrogens with zero attached hydrogens (tertiary/aromatic N) is 1. The number of alkyl carbamates (subject to hydrolysis) is 1. The lowest BCUT2D eigenvalue weighted by Gasteiger charge is -2.17. The van der Waals surface area contributed by atoms with Crippen LogP contribution in [0, 0.1) is 0 Å². The van der Waals surface area contributed by atoms with Gasteiger partial charge in [0.15, 0.2) is 0 Å². The lowest BCUT2D eigenvalue weighted by atomic mass is 9.98. The fraction of sp³-hybridized carbons (Fsp3) is 0.241. The molecule has 184 valence electrons. The molecule has 5 rings (SSSR count). The number of hydrogen-bond acceptors (Lipinski definition) is 4. The number of methoxy groups -OCH3 is 1. The Hall–Kier alpha value is -4.10. The lowest BCUT2D eigenvalue weighted by Crippen LogP contribution is -2.42. The number of carbonyl (C=O) groups is 2. The Morgan fingerprint density at radius 3 is 2.28 bits per heavy atom. The van der Waals surface area contributed by atoms with Gasteiger partial charge in [-0.2, -0.15) is 0 Å². The molecule has 4 aromatic rings. The molecule has 0 saturated carbocycles. The summed E-state index contributed by atoms with van der Waals surface area (Å²) in [7, 11) is 1.64. The van der Waals surface area contributed by atoms with Gasteiger partial charge in [0.05, 0.1) is 6.61 Å². The van der Waals surface area contributed by atoms with Crippen LogP contribution in [0.5, 0.6) is 0 Å². The monoisotopic (exact) mass is 484 g/mol. The van der Waals surface area contributed by atoms with Gasteiger partial charge in [-0.1, -0.05) is 66.7 Å². The normalized spacial score (nSPS) is 13.2. The minimum absolute atomic E-state index is 0.0924. The minimum Gasteiger partial charge on any atom is -0.480 e. The smallest absolute Gasteiger partial charge is 0.407 e. The first-order valence-electron chi connectivity index (χ1n) is 12.0. The van der Waals surface area contributed by atoms with Gasteiger partial charge in [0, 0.05) is 43.1 Å². The molecular formula is C29H28N2O5. The third kappa shape index (κ3) is 4.57. The van der Waals surface area contributed by atoms with Crippen LogP contribution in [0.25, 0.3) is 22.0 Å². The number of carboxylic acid groups (broad SMARTS) is 1. The van der Waals surface area contributed by atoms with Crippen molar-refractivity contribution >= 4 is 23.0 Å². The van der Waals surface area contributed by atoms with Crippen LogP contribution >= 0.6 is 0 Å². The van der Waals surface area contributed by atoms with Gasteiger partial charge in [-0.25, -0.2) is 9.59 Å². The third-order valence-electron chi connectivity index (χ3n) is 6.77. The SMILES string of the molecule is COCCn1cc(CC(NC(=O)OCC2c3ccccc3-c3ccccc32)C(=O)O)c2ccccc21. The maximum absolute atomic E-state index is 12.7. The molecule has 1 atom stereocenters. The molecule has 0 fully saturated rings. The Morgan fingerprint density at radius 1 is 0.972 bits per heavy atom. The summed E-state index contributed by atoms with van der Waals surface area (Å²) < 4.78 is 12.8. The van der Waals surface area contributed by atoms with Crippen molar-refractivity contribution in [3.63, 3.8) is 0 Å². The van der Waals surface area contributed by atoms with Crippen molar-refractivity contribution < 1.29 is 24.2 Å². The van der Waals surface area contributed by atoms with E-state index in [2.05, 4.69) is 17.4 Å². The molecule has 1 aliphatic rings. The van der Waals surface area contributed by atoms with Crippen LogP contribution in [0.4, 0.5) is 4.79 Å². The third-order valence-corrected chi connectivity index (χ3v) is 6.77. The summed E-state index contributed by atoms with van der Waals surface area (Å²) in [5, 5.41) is 13.4. The highest BCUT2D eigenvalue weighted by molar-refractivity contribution is 5.86. The minimum atomic E-state index is -1.12. The van der Waals surface area contributed by atoms with E-state index in [1.165, 1.54) is 0 Å². The molecule has 0 bridgehead atoms. The fourth-order valence-corrected chi connectivity index (χ4v) is 5.06. The molecule has 0 radical (unpaired) electrons. The van der Waals surface area contributed by atoms with Gasteiger partial charge < -0.3 is 24.5 Å². The number of amides is 1.